The van der Waals surface area contributed by atoms with Crippen LogP contribution in [0, 0.1) is 12.8 Å². The van der Waals surface area contributed by atoms with E-state index in [1.165, 1.54) is 4.31 Å². The van der Waals surface area contributed by atoms with Gasteiger partial charge in [0.15, 0.2) is 0 Å². The normalized spacial score (nSPS) is 20.9. The Kier molecular flexibility index (Phi) is 4.59. The molecule has 1 fully saturated rings. The van der Waals surface area contributed by atoms with E-state index in [2.05, 4.69) is 10.5 Å². The molecule has 19 heavy (non-hydrogen) atoms. The topological polar surface area (TPSA) is 75.4 Å². The smallest absolute Gasteiger partial charge is 0.219 e. The zero-order valence-electron chi connectivity index (χ0n) is 11.4. The molecule has 0 radical (unpaired) electrons. The number of nitrogens with one attached hydrogen (secondary N) is 1. The van der Waals surface area contributed by atoms with Crippen LogP contribution in [0.2, 0.25) is 0 Å². The van der Waals surface area contributed by atoms with Crippen LogP contribution in [0.3, 0.4) is 0 Å². The van der Waals surface area contributed by atoms with Crippen LogP contribution in [0.1, 0.15) is 24.3 Å². The molecule has 1 unspecified atom stereocenters. The number of hydrogen-bond donors (Lipinski definition) is 1. The molecular formula is C12H21N3O3S. The van der Waals surface area contributed by atoms with E-state index < -0.39 is 10.0 Å². The van der Waals surface area contributed by atoms with Crippen molar-refractivity contribution in [1.29, 1.82) is 0 Å². The van der Waals surface area contributed by atoms with E-state index in [1.54, 1.807) is 20.0 Å². The fourth-order valence-corrected chi connectivity index (χ4v) is 3.51. The Labute approximate surface area is 114 Å². The van der Waals surface area contributed by atoms with Crippen LogP contribution in [-0.2, 0) is 15.8 Å². The zero-order chi connectivity index (χ0) is 13.9. The van der Waals surface area contributed by atoms with Crippen molar-refractivity contribution in [3.05, 3.63) is 17.5 Å². The van der Waals surface area contributed by atoms with E-state index in [4.69, 9.17) is 4.52 Å². The molecule has 7 heteroatoms. The summed E-state index contributed by atoms with van der Waals surface area (Å²) < 4.78 is 30.7. The molecule has 0 aromatic carbocycles. The predicted molar refractivity (Wildman–Crippen MR) is 72.1 cm³/mol. The molecular weight excluding hydrogens is 266 g/mol. The van der Waals surface area contributed by atoms with Crippen LogP contribution in [0.25, 0.3) is 0 Å². The van der Waals surface area contributed by atoms with Gasteiger partial charge in [-0.3, -0.25) is 0 Å². The summed E-state index contributed by atoms with van der Waals surface area (Å²) in [5.41, 5.74) is 0.464. The van der Waals surface area contributed by atoms with Crippen molar-refractivity contribution in [3.8, 4) is 0 Å². The van der Waals surface area contributed by atoms with E-state index in [0.29, 0.717) is 23.9 Å². The van der Waals surface area contributed by atoms with Crippen LogP contribution >= 0.6 is 0 Å². The Bertz CT molecular complexity index is 506. The molecule has 1 aliphatic rings. The number of aryl methyl sites for hydroxylation is 1. The number of aromatic nitrogens is 1. The second-order valence-electron chi connectivity index (χ2n) is 5.18. The summed E-state index contributed by atoms with van der Waals surface area (Å²) in [6.07, 6.45) is 2.19. The lowest BCUT2D eigenvalue weighted by Gasteiger charge is -2.27. The molecule has 108 valence electrons. The molecule has 1 atom stereocenters. The first-order valence-electron chi connectivity index (χ1n) is 6.54. The van der Waals surface area contributed by atoms with Gasteiger partial charge in [-0.25, -0.2) is 12.7 Å². The molecule has 0 aliphatic carbocycles. The van der Waals surface area contributed by atoms with Gasteiger partial charge in [0, 0.05) is 19.7 Å². The average molecular weight is 287 g/mol. The summed E-state index contributed by atoms with van der Waals surface area (Å²) in [5, 5.41) is 7.03. The Hall–Kier alpha value is -0.920. The number of sulfonamides is 1. The van der Waals surface area contributed by atoms with E-state index in [-0.39, 0.29) is 5.75 Å². The third kappa shape index (κ3) is 4.02. The van der Waals surface area contributed by atoms with Crippen molar-refractivity contribution in [1.82, 2.24) is 14.8 Å². The molecule has 0 saturated carbocycles. The van der Waals surface area contributed by atoms with E-state index >= 15 is 0 Å². The Morgan fingerprint density at radius 1 is 1.58 bits per heavy atom. The van der Waals surface area contributed by atoms with Gasteiger partial charge in [-0.15, -0.1) is 0 Å². The van der Waals surface area contributed by atoms with Crippen molar-refractivity contribution in [2.45, 2.75) is 25.5 Å². The fraction of sp³-hybridized carbons (Fsp3) is 0.750. The lowest BCUT2D eigenvalue weighted by Crippen LogP contribution is -2.39. The van der Waals surface area contributed by atoms with Crippen molar-refractivity contribution in [3.63, 3.8) is 0 Å². The second kappa shape index (κ2) is 6.02. The summed E-state index contributed by atoms with van der Waals surface area (Å²) >= 11 is 0. The van der Waals surface area contributed by atoms with Crippen molar-refractivity contribution in [2.75, 3.05) is 26.7 Å². The highest BCUT2D eigenvalue weighted by Crippen LogP contribution is 2.15. The summed E-state index contributed by atoms with van der Waals surface area (Å²) in [7, 11) is -1.68. The van der Waals surface area contributed by atoms with Gasteiger partial charge < -0.3 is 9.84 Å². The highest BCUT2D eigenvalue weighted by atomic mass is 32.2. The maximum absolute atomic E-state index is 12.2. The van der Waals surface area contributed by atoms with Crippen LogP contribution in [0.4, 0.5) is 0 Å². The summed E-state index contributed by atoms with van der Waals surface area (Å²) in [6.45, 7) is 4.24. The minimum Gasteiger partial charge on any atom is -0.361 e. The van der Waals surface area contributed by atoms with Gasteiger partial charge in [-0.05, 0) is 38.8 Å². The maximum Gasteiger partial charge on any atom is 0.219 e. The second-order valence-corrected chi connectivity index (χ2v) is 7.25. The SMILES string of the molecule is Cc1cc(CS(=O)(=O)N(C)CC2CCCNC2)no1. The molecule has 1 aliphatic heterocycles. The van der Waals surface area contributed by atoms with Crippen molar-refractivity contribution < 1.29 is 12.9 Å². The van der Waals surface area contributed by atoms with Gasteiger partial charge in [-0.2, -0.15) is 0 Å². The van der Waals surface area contributed by atoms with Gasteiger partial charge >= 0.3 is 0 Å². The summed E-state index contributed by atoms with van der Waals surface area (Å²) in [6, 6.07) is 1.66. The number of piperidine rings is 1. The van der Waals surface area contributed by atoms with Gasteiger partial charge in [0.25, 0.3) is 0 Å². The van der Waals surface area contributed by atoms with Crippen LogP contribution in [0.15, 0.2) is 10.6 Å². The highest BCUT2D eigenvalue weighted by molar-refractivity contribution is 7.88. The number of nitrogens with zero attached hydrogens (tertiary/aromatic N) is 2. The third-order valence-corrected chi connectivity index (χ3v) is 5.16. The fourth-order valence-electron chi connectivity index (χ4n) is 2.34. The van der Waals surface area contributed by atoms with Gasteiger partial charge in [0.1, 0.15) is 17.2 Å². The average Bonchev–Trinajstić information content (AvgIpc) is 2.75. The Balaban J connectivity index is 1.94. The van der Waals surface area contributed by atoms with Crippen molar-refractivity contribution >= 4 is 10.0 Å². The molecule has 0 bridgehead atoms. The lowest BCUT2D eigenvalue weighted by atomic mass is 10.00. The van der Waals surface area contributed by atoms with Gasteiger partial charge in [0.2, 0.25) is 10.0 Å². The van der Waals surface area contributed by atoms with Crippen LogP contribution < -0.4 is 5.32 Å². The first-order chi connectivity index (χ1) is 8.97. The van der Waals surface area contributed by atoms with Gasteiger partial charge in [0.05, 0.1) is 0 Å². The molecule has 1 aromatic heterocycles. The lowest BCUT2D eigenvalue weighted by molar-refractivity contribution is 0.314. The first kappa shape index (κ1) is 14.5. The maximum atomic E-state index is 12.2. The first-order valence-corrected chi connectivity index (χ1v) is 8.15. The monoisotopic (exact) mass is 287 g/mol. The molecule has 2 rings (SSSR count). The van der Waals surface area contributed by atoms with E-state index in [9.17, 15) is 8.42 Å². The minimum atomic E-state index is -3.32. The summed E-state index contributed by atoms with van der Waals surface area (Å²) in [4.78, 5) is 0. The highest BCUT2D eigenvalue weighted by Gasteiger charge is 2.24. The van der Waals surface area contributed by atoms with E-state index in [0.717, 1.165) is 25.9 Å². The molecule has 1 saturated heterocycles. The Morgan fingerprint density at radius 2 is 2.37 bits per heavy atom. The van der Waals surface area contributed by atoms with Gasteiger partial charge in [-0.1, -0.05) is 5.16 Å². The quantitative estimate of drug-likeness (QED) is 0.864. The summed E-state index contributed by atoms with van der Waals surface area (Å²) in [5.74, 6) is 0.929. The number of rotatable bonds is 5. The van der Waals surface area contributed by atoms with Crippen LogP contribution in [-0.4, -0.2) is 44.6 Å². The third-order valence-electron chi connectivity index (χ3n) is 3.40. The predicted octanol–water partition coefficient (Wildman–Crippen LogP) is 0.744. The zero-order valence-corrected chi connectivity index (χ0v) is 12.2. The number of hydrogen-bond acceptors (Lipinski definition) is 5. The van der Waals surface area contributed by atoms with Crippen molar-refractivity contribution in [2.24, 2.45) is 5.92 Å². The molecule has 0 spiro atoms. The molecule has 6 nitrogen and oxygen atoms in total. The standard InChI is InChI=1S/C12H21N3O3S/c1-10-6-12(14-18-10)9-19(16,17)15(2)8-11-4-3-5-13-7-11/h6,11,13H,3-5,7-9H2,1-2H3. The molecule has 0 amide bonds. The molecule has 1 N–H and O–H groups in total. The van der Waals surface area contributed by atoms with E-state index in [1.807, 2.05) is 0 Å². The molecule has 1 aromatic rings. The Morgan fingerprint density at radius 3 is 2.95 bits per heavy atom. The van der Waals surface area contributed by atoms with Crippen LogP contribution in [0.5, 0.6) is 0 Å². The largest absolute Gasteiger partial charge is 0.361 e. The molecule has 2 heterocycles. The minimum absolute atomic E-state index is 0.0962.